The number of nitrogens with one attached hydrogen (secondary N) is 3. The molecule has 9 nitrogen and oxygen atoms in total. The first-order valence-corrected chi connectivity index (χ1v) is 7.65. The summed E-state index contributed by atoms with van der Waals surface area (Å²) in [5.74, 6) is -2.89. The van der Waals surface area contributed by atoms with Crippen molar-refractivity contribution >= 4 is 23.7 Å². The molecule has 9 heteroatoms. The minimum Gasteiger partial charge on any atom is -0.480 e. The Balaban J connectivity index is 2.36. The number of amides is 3. The molecule has 2 unspecified atom stereocenters. The molecule has 136 valence electrons. The molecule has 0 aliphatic carbocycles. The van der Waals surface area contributed by atoms with E-state index in [1.54, 1.807) is 0 Å². The van der Waals surface area contributed by atoms with E-state index in [4.69, 9.17) is 10.8 Å². The quantitative estimate of drug-likeness (QED) is 0.361. The summed E-state index contributed by atoms with van der Waals surface area (Å²) in [6.07, 6.45) is 0.332. The SMILES string of the molecule is CC(NC(=O)C(N)Cc1ccccc1)C(=O)NCC(=O)NCC(=O)O. The number of hydrogen-bond acceptors (Lipinski definition) is 5. The van der Waals surface area contributed by atoms with Crippen LogP contribution in [0.3, 0.4) is 0 Å². The first-order chi connectivity index (χ1) is 11.8. The van der Waals surface area contributed by atoms with Gasteiger partial charge in [-0.1, -0.05) is 30.3 Å². The van der Waals surface area contributed by atoms with Gasteiger partial charge in [0.25, 0.3) is 0 Å². The molecule has 0 aliphatic heterocycles. The minimum absolute atomic E-state index is 0.332. The van der Waals surface area contributed by atoms with Crippen LogP contribution in [0.2, 0.25) is 0 Å². The molecule has 0 heterocycles. The predicted molar refractivity (Wildman–Crippen MR) is 89.4 cm³/mol. The second kappa shape index (κ2) is 10.0. The first kappa shape index (κ1) is 20.1. The fraction of sp³-hybridized carbons (Fsp3) is 0.375. The summed E-state index contributed by atoms with van der Waals surface area (Å²) >= 11 is 0. The molecule has 3 amide bonds. The third kappa shape index (κ3) is 7.93. The highest BCUT2D eigenvalue weighted by Crippen LogP contribution is 2.02. The topological polar surface area (TPSA) is 151 Å². The van der Waals surface area contributed by atoms with E-state index in [0.717, 1.165) is 5.56 Å². The molecule has 25 heavy (non-hydrogen) atoms. The lowest BCUT2D eigenvalue weighted by atomic mass is 10.1. The van der Waals surface area contributed by atoms with E-state index in [1.165, 1.54) is 6.92 Å². The van der Waals surface area contributed by atoms with Crippen LogP contribution in [-0.4, -0.2) is 54.0 Å². The molecule has 1 aromatic rings. The van der Waals surface area contributed by atoms with Gasteiger partial charge in [-0.05, 0) is 18.9 Å². The van der Waals surface area contributed by atoms with Crippen LogP contribution >= 0.6 is 0 Å². The van der Waals surface area contributed by atoms with Gasteiger partial charge < -0.3 is 26.8 Å². The fourth-order valence-electron chi connectivity index (χ4n) is 1.90. The van der Waals surface area contributed by atoms with Crippen LogP contribution in [0.4, 0.5) is 0 Å². The Morgan fingerprint density at radius 2 is 1.68 bits per heavy atom. The Kier molecular flexibility index (Phi) is 8.07. The number of hydrogen-bond donors (Lipinski definition) is 5. The number of carboxylic acid groups (broad SMARTS) is 1. The summed E-state index contributed by atoms with van der Waals surface area (Å²) in [5.41, 5.74) is 6.72. The van der Waals surface area contributed by atoms with Gasteiger partial charge in [-0.2, -0.15) is 0 Å². The average molecular weight is 350 g/mol. The fourth-order valence-corrected chi connectivity index (χ4v) is 1.90. The first-order valence-electron chi connectivity index (χ1n) is 7.65. The Morgan fingerprint density at radius 1 is 1.04 bits per heavy atom. The summed E-state index contributed by atoms with van der Waals surface area (Å²) in [6.45, 7) is 0.537. The second-order valence-corrected chi connectivity index (χ2v) is 5.41. The van der Waals surface area contributed by atoms with Crippen LogP contribution in [0.5, 0.6) is 0 Å². The monoisotopic (exact) mass is 350 g/mol. The van der Waals surface area contributed by atoms with Gasteiger partial charge in [0.2, 0.25) is 17.7 Å². The zero-order chi connectivity index (χ0) is 18.8. The number of carboxylic acids is 1. The number of aliphatic carboxylic acids is 1. The van der Waals surface area contributed by atoms with Gasteiger partial charge in [0, 0.05) is 0 Å². The van der Waals surface area contributed by atoms with Crippen molar-refractivity contribution in [3.63, 3.8) is 0 Å². The van der Waals surface area contributed by atoms with Crippen molar-refractivity contribution in [3.8, 4) is 0 Å². The van der Waals surface area contributed by atoms with Crippen LogP contribution in [0.15, 0.2) is 30.3 Å². The van der Waals surface area contributed by atoms with Crippen LogP contribution in [0.1, 0.15) is 12.5 Å². The van der Waals surface area contributed by atoms with E-state index >= 15 is 0 Å². The van der Waals surface area contributed by atoms with Crippen molar-refractivity contribution in [1.82, 2.24) is 16.0 Å². The summed E-state index contributed by atoms with van der Waals surface area (Å²) in [6, 6.07) is 7.53. The molecule has 6 N–H and O–H groups in total. The van der Waals surface area contributed by atoms with Crippen LogP contribution in [0, 0.1) is 0 Å². The summed E-state index contributed by atoms with van der Waals surface area (Å²) < 4.78 is 0. The number of carbonyl (C=O) groups is 4. The number of benzene rings is 1. The van der Waals surface area contributed by atoms with E-state index in [0.29, 0.717) is 6.42 Å². The average Bonchev–Trinajstić information content (AvgIpc) is 2.58. The Morgan fingerprint density at radius 3 is 2.28 bits per heavy atom. The molecule has 0 bridgehead atoms. The molecule has 0 aromatic heterocycles. The van der Waals surface area contributed by atoms with Crippen molar-refractivity contribution in [2.75, 3.05) is 13.1 Å². The van der Waals surface area contributed by atoms with Crippen LogP contribution in [0.25, 0.3) is 0 Å². The minimum atomic E-state index is -1.19. The third-order valence-corrected chi connectivity index (χ3v) is 3.25. The maximum atomic E-state index is 12.0. The molecule has 0 fully saturated rings. The highest BCUT2D eigenvalue weighted by atomic mass is 16.4. The van der Waals surface area contributed by atoms with Gasteiger partial charge in [0.05, 0.1) is 12.6 Å². The molecule has 0 saturated heterocycles. The Labute approximate surface area is 145 Å². The van der Waals surface area contributed by atoms with E-state index in [2.05, 4.69) is 16.0 Å². The van der Waals surface area contributed by atoms with Crippen molar-refractivity contribution in [2.45, 2.75) is 25.4 Å². The van der Waals surface area contributed by atoms with E-state index in [1.807, 2.05) is 30.3 Å². The number of rotatable bonds is 9. The van der Waals surface area contributed by atoms with Gasteiger partial charge in [0.1, 0.15) is 12.6 Å². The van der Waals surface area contributed by atoms with Crippen LogP contribution in [-0.2, 0) is 25.6 Å². The molecular weight excluding hydrogens is 328 g/mol. The molecular formula is C16H22N4O5. The molecule has 2 atom stereocenters. The second-order valence-electron chi connectivity index (χ2n) is 5.41. The molecule has 0 aliphatic rings. The van der Waals surface area contributed by atoms with Gasteiger partial charge in [-0.3, -0.25) is 19.2 Å². The largest absolute Gasteiger partial charge is 0.480 e. The zero-order valence-electron chi connectivity index (χ0n) is 13.8. The summed E-state index contributed by atoms with van der Waals surface area (Å²) in [5, 5.41) is 15.3. The predicted octanol–water partition coefficient (Wildman–Crippen LogP) is -1.62. The maximum Gasteiger partial charge on any atom is 0.322 e. The molecule has 0 radical (unpaired) electrons. The lowest BCUT2D eigenvalue weighted by Gasteiger charge is -2.17. The smallest absolute Gasteiger partial charge is 0.322 e. The molecule has 0 spiro atoms. The number of nitrogens with two attached hydrogens (primary N) is 1. The number of carbonyl (C=O) groups excluding carboxylic acids is 3. The van der Waals surface area contributed by atoms with E-state index in [-0.39, 0.29) is 6.54 Å². The van der Waals surface area contributed by atoms with Gasteiger partial charge in [0.15, 0.2) is 0 Å². The highest BCUT2D eigenvalue weighted by molar-refractivity contribution is 5.92. The lowest BCUT2D eigenvalue weighted by molar-refractivity contribution is -0.138. The highest BCUT2D eigenvalue weighted by Gasteiger charge is 2.20. The van der Waals surface area contributed by atoms with Crippen molar-refractivity contribution in [2.24, 2.45) is 5.73 Å². The van der Waals surface area contributed by atoms with Crippen LogP contribution < -0.4 is 21.7 Å². The van der Waals surface area contributed by atoms with Crippen molar-refractivity contribution in [3.05, 3.63) is 35.9 Å². The van der Waals surface area contributed by atoms with Gasteiger partial charge in [-0.15, -0.1) is 0 Å². The molecule has 1 rings (SSSR count). The van der Waals surface area contributed by atoms with Gasteiger partial charge in [-0.25, -0.2) is 0 Å². The third-order valence-electron chi connectivity index (χ3n) is 3.25. The van der Waals surface area contributed by atoms with E-state index in [9.17, 15) is 19.2 Å². The maximum absolute atomic E-state index is 12.0. The summed E-state index contributed by atoms with van der Waals surface area (Å²) in [7, 11) is 0. The lowest BCUT2D eigenvalue weighted by Crippen LogP contribution is -2.52. The Hall–Kier alpha value is -2.94. The van der Waals surface area contributed by atoms with Crippen molar-refractivity contribution < 1.29 is 24.3 Å². The normalized spacial score (nSPS) is 12.6. The van der Waals surface area contributed by atoms with Crippen molar-refractivity contribution in [1.29, 1.82) is 0 Å². The zero-order valence-corrected chi connectivity index (χ0v) is 13.8. The summed E-state index contributed by atoms with van der Waals surface area (Å²) in [4.78, 5) is 45.5. The van der Waals surface area contributed by atoms with E-state index < -0.39 is 42.3 Å². The molecule has 1 aromatic carbocycles. The standard InChI is InChI=1S/C16H22N4O5/c1-10(15(24)19-8-13(21)18-9-14(22)23)20-16(25)12(17)7-11-5-3-2-4-6-11/h2-6,10,12H,7-9,17H2,1H3,(H,18,21)(H,19,24)(H,20,25)(H,22,23). The molecule has 0 saturated carbocycles. The van der Waals surface area contributed by atoms with Gasteiger partial charge >= 0.3 is 5.97 Å². The Bertz CT molecular complexity index is 620.